The van der Waals surface area contributed by atoms with E-state index in [4.69, 9.17) is 5.73 Å². The van der Waals surface area contributed by atoms with E-state index in [1.54, 1.807) is 6.92 Å². The molecule has 0 aliphatic heterocycles. The van der Waals surface area contributed by atoms with Crippen LogP contribution in [0.2, 0.25) is 0 Å². The van der Waals surface area contributed by atoms with Crippen LogP contribution in [-0.4, -0.2) is 18.0 Å². The number of rotatable bonds is 14. The molecule has 0 bridgehead atoms. The first-order valence-electron chi connectivity index (χ1n) is 9.12. The van der Waals surface area contributed by atoms with Crippen LogP contribution in [0.3, 0.4) is 0 Å². The van der Waals surface area contributed by atoms with Crippen LogP contribution < -0.4 is 11.1 Å². The Morgan fingerprint density at radius 1 is 0.905 bits per heavy atom. The minimum Gasteiger partial charge on any atom is -0.354 e. The smallest absolute Gasteiger partial charge is 0.217 e. The van der Waals surface area contributed by atoms with Gasteiger partial charge in [-0.3, -0.25) is 4.79 Å². The Balaban J connectivity index is 3.30. The van der Waals surface area contributed by atoms with E-state index in [1.165, 1.54) is 64.2 Å². The summed E-state index contributed by atoms with van der Waals surface area (Å²) < 4.78 is 0. The molecule has 0 aliphatic rings. The van der Waals surface area contributed by atoms with Gasteiger partial charge in [-0.2, -0.15) is 0 Å². The second-order valence-electron chi connectivity index (χ2n) is 6.41. The van der Waals surface area contributed by atoms with Crippen LogP contribution in [0, 0.1) is 0 Å². The van der Waals surface area contributed by atoms with Gasteiger partial charge in [0, 0.05) is 19.0 Å². The van der Waals surface area contributed by atoms with E-state index in [0.717, 1.165) is 12.8 Å². The third-order valence-corrected chi connectivity index (χ3v) is 4.19. The predicted molar refractivity (Wildman–Crippen MR) is 92.3 cm³/mol. The molecule has 3 nitrogen and oxygen atoms in total. The Morgan fingerprint density at radius 3 is 1.90 bits per heavy atom. The molecule has 0 saturated carbocycles. The molecule has 0 aromatic heterocycles. The lowest BCUT2D eigenvalue weighted by atomic mass is 10.0. The van der Waals surface area contributed by atoms with Crippen molar-refractivity contribution < 1.29 is 4.79 Å². The second-order valence-corrected chi connectivity index (χ2v) is 6.41. The maximum absolute atomic E-state index is 11.0. The van der Waals surface area contributed by atoms with Crippen molar-refractivity contribution in [3.63, 3.8) is 0 Å². The molecule has 3 heteroatoms. The Bertz CT molecular complexity index is 243. The highest BCUT2D eigenvalue weighted by Crippen LogP contribution is 2.13. The molecule has 0 heterocycles. The van der Waals surface area contributed by atoms with Gasteiger partial charge in [-0.15, -0.1) is 0 Å². The fourth-order valence-electron chi connectivity index (χ4n) is 2.86. The predicted octanol–water partition coefficient (Wildman–Crippen LogP) is 4.54. The van der Waals surface area contributed by atoms with Gasteiger partial charge in [0.2, 0.25) is 5.91 Å². The summed E-state index contributed by atoms with van der Waals surface area (Å²) in [5.74, 6) is 0.100. The lowest BCUT2D eigenvalue weighted by Crippen LogP contribution is -2.32. The molecule has 2 atom stereocenters. The summed E-state index contributed by atoms with van der Waals surface area (Å²) in [5.41, 5.74) is 6.01. The molecule has 0 spiro atoms. The molecule has 1 amide bonds. The summed E-state index contributed by atoms with van der Waals surface area (Å²) in [6.45, 7) is 5.95. The van der Waals surface area contributed by atoms with Crippen molar-refractivity contribution in [1.82, 2.24) is 5.32 Å². The largest absolute Gasteiger partial charge is 0.354 e. The summed E-state index contributed by atoms with van der Waals surface area (Å²) in [5, 5.41) is 3.02. The maximum atomic E-state index is 11.0. The number of hydrogen-bond donors (Lipinski definition) is 2. The standard InChI is InChI=1S/C18H38N2O/c1-4-13-17(19)14-11-9-7-6-8-10-12-15-18(5-2)20-16(3)21/h17-18H,4-15,19H2,1-3H3,(H,20,21). The Kier molecular flexibility index (Phi) is 14.0. The molecule has 2 unspecified atom stereocenters. The van der Waals surface area contributed by atoms with Crippen molar-refractivity contribution in [2.75, 3.05) is 0 Å². The van der Waals surface area contributed by atoms with Crippen molar-refractivity contribution in [1.29, 1.82) is 0 Å². The topological polar surface area (TPSA) is 55.1 Å². The summed E-state index contributed by atoms with van der Waals surface area (Å²) in [4.78, 5) is 11.0. The fraction of sp³-hybridized carbons (Fsp3) is 0.944. The second kappa shape index (κ2) is 14.4. The van der Waals surface area contributed by atoms with Crippen LogP contribution in [0.15, 0.2) is 0 Å². The zero-order valence-electron chi connectivity index (χ0n) is 14.6. The van der Waals surface area contributed by atoms with Gasteiger partial charge >= 0.3 is 0 Å². The highest BCUT2D eigenvalue weighted by Gasteiger charge is 2.06. The van der Waals surface area contributed by atoms with E-state index in [-0.39, 0.29) is 5.91 Å². The fourth-order valence-corrected chi connectivity index (χ4v) is 2.86. The number of unbranched alkanes of at least 4 members (excludes halogenated alkanes) is 6. The zero-order chi connectivity index (χ0) is 15.9. The Morgan fingerprint density at radius 2 is 1.43 bits per heavy atom. The van der Waals surface area contributed by atoms with Crippen LogP contribution in [0.25, 0.3) is 0 Å². The number of hydrogen-bond acceptors (Lipinski definition) is 2. The normalized spacial score (nSPS) is 13.9. The Labute approximate surface area is 132 Å². The molecular weight excluding hydrogens is 260 g/mol. The van der Waals surface area contributed by atoms with E-state index in [0.29, 0.717) is 12.1 Å². The van der Waals surface area contributed by atoms with Gasteiger partial charge in [0.25, 0.3) is 0 Å². The van der Waals surface area contributed by atoms with E-state index in [1.807, 2.05) is 0 Å². The lowest BCUT2D eigenvalue weighted by molar-refractivity contribution is -0.119. The van der Waals surface area contributed by atoms with Gasteiger partial charge in [0.05, 0.1) is 0 Å². The van der Waals surface area contributed by atoms with Gasteiger partial charge in [-0.25, -0.2) is 0 Å². The average Bonchev–Trinajstić information content (AvgIpc) is 2.44. The van der Waals surface area contributed by atoms with Crippen molar-refractivity contribution >= 4 is 5.91 Å². The van der Waals surface area contributed by atoms with Crippen molar-refractivity contribution in [3.8, 4) is 0 Å². The number of nitrogens with two attached hydrogens (primary N) is 1. The summed E-state index contributed by atoms with van der Waals surface area (Å²) in [6, 6.07) is 0.803. The highest BCUT2D eigenvalue weighted by atomic mass is 16.1. The molecule has 3 N–H and O–H groups in total. The molecule has 0 saturated heterocycles. The molecule has 126 valence electrons. The third kappa shape index (κ3) is 14.1. The van der Waals surface area contributed by atoms with Crippen molar-refractivity contribution in [3.05, 3.63) is 0 Å². The van der Waals surface area contributed by atoms with Crippen LogP contribution in [0.1, 0.15) is 97.8 Å². The molecule has 21 heavy (non-hydrogen) atoms. The van der Waals surface area contributed by atoms with Gasteiger partial charge in [0.1, 0.15) is 0 Å². The number of nitrogens with one attached hydrogen (secondary N) is 1. The van der Waals surface area contributed by atoms with Crippen LogP contribution >= 0.6 is 0 Å². The first kappa shape index (κ1) is 20.4. The van der Waals surface area contributed by atoms with E-state index < -0.39 is 0 Å². The van der Waals surface area contributed by atoms with Crippen molar-refractivity contribution in [2.45, 2.75) is 110 Å². The zero-order valence-corrected chi connectivity index (χ0v) is 14.6. The molecule has 0 aromatic carbocycles. The summed E-state index contributed by atoms with van der Waals surface area (Å²) >= 11 is 0. The molecule has 0 aromatic rings. The minimum atomic E-state index is 0.100. The van der Waals surface area contributed by atoms with E-state index in [9.17, 15) is 4.79 Å². The number of carbonyl (C=O) groups is 1. The highest BCUT2D eigenvalue weighted by molar-refractivity contribution is 5.73. The average molecular weight is 299 g/mol. The van der Waals surface area contributed by atoms with Gasteiger partial charge < -0.3 is 11.1 Å². The van der Waals surface area contributed by atoms with Crippen LogP contribution in [0.5, 0.6) is 0 Å². The molecular formula is C18H38N2O. The Hall–Kier alpha value is -0.570. The number of amides is 1. The first-order valence-corrected chi connectivity index (χ1v) is 9.12. The van der Waals surface area contributed by atoms with E-state index >= 15 is 0 Å². The van der Waals surface area contributed by atoms with E-state index in [2.05, 4.69) is 19.2 Å². The summed E-state index contributed by atoms with van der Waals surface area (Å²) in [7, 11) is 0. The maximum Gasteiger partial charge on any atom is 0.217 e. The monoisotopic (exact) mass is 298 g/mol. The van der Waals surface area contributed by atoms with Crippen LogP contribution in [0.4, 0.5) is 0 Å². The summed E-state index contributed by atoms with van der Waals surface area (Å²) in [6.07, 6.45) is 14.9. The van der Waals surface area contributed by atoms with Gasteiger partial charge in [0.15, 0.2) is 0 Å². The minimum absolute atomic E-state index is 0.100. The molecule has 0 radical (unpaired) electrons. The van der Waals surface area contributed by atoms with Gasteiger partial charge in [-0.1, -0.05) is 65.2 Å². The quantitative estimate of drug-likeness (QED) is 0.463. The SMILES string of the molecule is CCCC(N)CCCCCCCCCC(CC)NC(C)=O. The molecule has 0 fully saturated rings. The molecule has 0 aliphatic carbocycles. The van der Waals surface area contributed by atoms with Gasteiger partial charge in [-0.05, 0) is 25.7 Å². The van der Waals surface area contributed by atoms with Crippen molar-refractivity contribution in [2.24, 2.45) is 5.73 Å². The lowest BCUT2D eigenvalue weighted by Gasteiger charge is -2.15. The third-order valence-electron chi connectivity index (χ3n) is 4.19. The van der Waals surface area contributed by atoms with Crippen LogP contribution in [-0.2, 0) is 4.79 Å². The first-order chi connectivity index (χ1) is 10.1. The number of carbonyl (C=O) groups excluding carboxylic acids is 1. The molecule has 0 rings (SSSR count).